The topological polar surface area (TPSA) is 29.3 Å². The lowest BCUT2D eigenvalue weighted by Crippen LogP contribution is -2.34. The summed E-state index contributed by atoms with van der Waals surface area (Å²) in [6, 6.07) is 11.2. The Labute approximate surface area is 99.5 Å². The fourth-order valence-corrected chi connectivity index (χ4v) is 2.06. The number of nitrogens with two attached hydrogens (primary N) is 1. The van der Waals surface area contributed by atoms with Gasteiger partial charge in [-0.1, -0.05) is 31.5 Å². The number of para-hydroxylation sites is 1. The van der Waals surface area contributed by atoms with Crippen molar-refractivity contribution >= 4 is 5.69 Å². The summed E-state index contributed by atoms with van der Waals surface area (Å²) in [6.07, 6.45) is 3.52. The minimum atomic E-state index is 0.596. The van der Waals surface area contributed by atoms with E-state index in [9.17, 15) is 0 Å². The number of anilines is 1. The van der Waals surface area contributed by atoms with Gasteiger partial charge in [-0.3, -0.25) is 0 Å². The van der Waals surface area contributed by atoms with E-state index in [-0.39, 0.29) is 0 Å². The van der Waals surface area contributed by atoms with E-state index in [1.54, 1.807) is 0 Å². The SMILES string of the molecule is CCCC(C)N(CCCN)c1ccccc1. The van der Waals surface area contributed by atoms with Gasteiger partial charge >= 0.3 is 0 Å². The molecule has 0 saturated carbocycles. The molecule has 1 unspecified atom stereocenters. The van der Waals surface area contributed by atoms with Crippen LogP contribution in [0.25, 0.3) is 0 Å². The third-order valence-electron chi connectivity index (χ3n) is 2.93. The fourth-order valence-electron chi connectivity index (χ4n) is 2.06. The highest BCUT2D eigenvalue weighted by Gasteiger charge is 2.12. The lowest BCUT2D eigenvalue weighted by atomic mass is 10.1. The van der Waals surface area contributed by atoms with Crippen molar-refractivity contribution in [2.75, 3.05) is 18.0 Å². The van der Waals surface area contributed by atoms with Gasteiger partial charge in [0.05, 0.1) is 0 Å². The molecule has 0 saturated heterocycles. The Morgan fingerprint density at radius 2 is 1.94 bits per heavy atom. The lowest BCUT2D eigenvalue weighted by molar-refractivity contribution is 0.571. The summed E-state index contributed by atoms with van der Waals surface area (Å²) in [4.78, 5) is 2.47. The third kappa shape index (κ3) is 3.86. The molecule has 0 aliphatic carbocycles. The van der Waals surface area contributed by atoms with Crippen molar-refractivity contribution in [2.24, 2.45) is 5.73 Å². The van der Waals surface area contributed by atoms with Crippen LogP contribution in [0.4, 0.5) is 5.69 Å². The first-order valence-corrected chi connectivity index (χ1v) is 6.31. The van der Waals surface area contributed by atoms with Crippen molar-refractivity contribution in [2.45, 2.75) is 39.2 Å². The summed E-state index contributed by atoms with van der Waals surface area (Å²) in [5.74, 6) is 0. The van der Waals surface area contributed by atoms with E-state index in [0.717, 1.165) is 19.5 Å². The summed E-state index contributed by atoms with van der Waals surface area (Å²) in [7, 11) is 0. The van der Waals surface area contributed by atoms with Gasteiger partial charge < -0.3 is 10.6 Å². The summed E-state index contributed by atoms with van der Waals surface area (Å²) in [5.41, 5.74) is 6.92. The maximum atomic E-state index is 5.60. The van der Waals surface area contributed by atoms with E-state index >= 15 is 0 Å². The molecule has 1 aromatic carbocycles. The summed E-state index contributed by atoms with van der Waals surface area (Å²) < 4.78 is 0. The van der Waals surface area contributed by atoms with Crippen molar-refractivity contribution < 1.29 is 0 Å². The summed E-state index contributed by atoms with van der Waals surface area (Å²) in [6.45, 7) is 6.36. The molecule has 0 aliphatic heterocycles. The van der Waals surface area contributed by atoms with E-state index in [1.165, 1.54) is 18.5 Å². The van der Waals surface area contributed by atoms with Gasteiger partial charge in [0.25, 0.3) is 0 Å². The predicted octanol–water partition coefficient (Wildman–Crippen LogP) is 3.03. The number of rotatable bonds is 7. The zero-order chi connectivity index (χ0) is 11.8. The van der Waals surface area contributed by atoms with Crippen molar-refractivity contribution in [1.29, 1.82) is 0 Å². The quantitative estimate of drug-likeness (QED) is 0.765. The molecule has 0 spiro atoms. The van der Waals surface area contributed by atoms with E-state index in [2.05, 4.69) is 49.1 Å². The van der Waals surface area contributed by atoms with Crippen LogP contribution in [0.15, 0.2) is 30.3 Å². The average Bonchev–Trinajstić information content (AvgIpc) is 2.31. The minimum absolute atomic E-state index is 0.596. The van der Waals surface area contributed by atoms with E-state index < -0.39 is 0 Å². The van der Waals surface area contributed by atoms with E-state index in [1.807, 2.05) is 0 Å². The number of hydrogen-bond acceptors (Lipinski definition) is 2. The van der Waals surface area contributed by atoms with Crippen LogP contribution in [0.1, 0.15) is 33.1 Å². The first-order chi connectivity index (χ1) is 7.79. The standard InChI is InChI=1S/C14H24N2/c1-3-8-13(2)16(12-7-11-15)14-9-5-4-6-10-14/h4-6,9-10,13H,3,7-8,11-12,15H2,1-2H3. The van der Waals surface area contributed by atoms with Gasteiger partial charge in [0.1, 0.15) is 0 Å². The number of nitrogens with zero attached hydrogens (tertiary/aromatic N) is 1. The highest BCUT2D eigenvalue weighted by Crippen LogP contribution is 2.19. The monoisotopic (exact) mass is 220 g/mol. The maximum absolute atomic E-state index is 5.60. The molecule has 0 amide bonds. The normalized spacial score (nSPS) is 12.4. The van der Waals surface area contributed by atoms with Gasteiger partial charge in [-0.25, -0.2) is 0 Å². The molecule has 1 rings (SSSR count). The van der Waals surface area contributed by atoms with Gasteiger partial charge in [-0.05, 0) is 38.4 Å². The fraction of sp³-hybridized carbons (Fsp3) is 0.571. The van der Waals surface area contributed by atoms with Crippen LogP contribution < -0.4 is 10.6 Å². The molecule has 90 valence electrons. The van der Waals surface area contributed by atoms with Crippen LogP contribution in [0.5, 0.6) is 0 Å². The molecular weight excluding hydrogens is 196 g/mol. The molecule has 2 N–H and O–H groups in total. The highest BCUT2D eigenvalue weighted by molar-refractivity contribution is 5.46. The van der Waals surface area contributed by atoms with Crippen LogP contribution >= 0.6 is 0 Å². The molecule has 0 aromatic heterocycles. The largest absolute Gasteiger partial charge is 0.369 e. The van der Waals surface area contributed by atoms with Crippen molar-refractivity contribution in [3.63, 3.8) is 0 Å². The van der Waals surface area contributed by atoms with E-state index in [4.69, 9.17) is 5.73 Å². The van der Waals surface area contributed by atoms with Gasteiger partial charge in [0, 0.05) is 18.3 Å². The zero-order valence-electron chi connectivity index (χ0n) is 10.5. The highest BCUT2D eigenvalue weighted by atomic mass is 15.2. The Morgan fingerprint density at radius 1 is 1.25 bits per heavy atom. The molecule has 0 heterocycles. The molecule has 1 atom stereocenters. The van der Waals surface area contributed by atoms with Gasteiger partial charge in [-0.2, -0.15) is 0 Å². The zero-order valence-corrected chi connectivity index (χ0v) is 10.5. The second-order valence-corrected chi connectivity index (χ2v) is 4.31. The van der Waals surface area contributed by atoms with E-state index in [0.29, 0.717) is 6.04 Å². The molecule has 0 aliphatic rings. The van der Waals surface area contributed by atoms with Gasteiger partial charge in [-0.15, -0.1) is 0 Å². The molecule has 0 fully saturated rings. The Balaban J connectivity index is 2.70. The molecule has 0 radical (unpaired) electrons. The Bertz CT molecular complexity index is 271. The molecular formula is C14H24N2. The predicted molar refractivity (Wildman–Crippen MR) is 71.8 cm³/mol. The van der Waals surface area contributed by atoms with Crippen LogP contribution in [0.2, 0.25) is 0 Å². The summed E-state index contributed by atoms with van der Waals surface area (Å²) >= 11 is 0. The maximum Gasteiger partial charge on any atom is 0.0368 e. The van der Waals surface area contributed by atoms with Crippen molar-refractivity contribution in [3.8, 4) is 0 Å². The molecule has 1 aromatic rings. The molecule has 2 nitrogen and oxygen atoms in total. The first-order valence-electron chi connectivity index (χ1n) is 6.31. The minimum Gasteiger partial charge on any atom is -0.369 e. The molecule has 0 bridgehead atoms. The Hall–Kier alpha value is -1.02. The van der Waals surface area contributed by atoms with Crippen LogP contribution in [0, 0.1) is 0 Å². The van der Waals surface area contributed by atoms with Crippen molar-refractivity contribution in [3.05, 3.63) is 30.3 Å². The van der Waals surface area contributed by atoms with Crippen LogP contribution in [-0.4, -0.2) is 19.1 Å². The molecule has 16 heavy (non-hydrogen) atoms. The number of benzene rings is 1. The van der Waals surface area contributed by atoms with Crippen LogP contribution in [0.3, 0.4) is 0 Å². The first kappa shape index (κ1) is 13.0. The van der Waals surface area contributed by atoms with Gasteiger partial charge in [0.2, 0.25) is 0 Å². The van der Waals surface area contributed by atoms with Crippen LogP contribution in [-0.2, 0) is 0 Å². The van der Waals surface area contributed by atoms with Gasteiger partial charge in [0.15, 0.2) is 0 Å². The lowest BCUT2D eigenvalue weighted by Gasteiger charge is -2.31. The molecule has 2 heteroatoms. The Morgan fingerprint density at radius 3 is 2.50 bits per heavy atom. The Kier molecular flexibility index (Phi) is 5.94. The second kappa shape index (κ2) is 7.29. The third-order valence-corrected chi connectivity index (χ3v) is 2.93. The summed E-state index contributed by atoms with van der Waals surface area (Å²) in [5, 5.41) is 0. The van der Waals surface area contributed by atoms with Crippen molar-refractivity contribution in [1.82, 2.24) is 0 Å². The average molecular weight is 220 g/mol. The number of hydrogen-bond donors (Lipinski definition) is 1. The smallest absolute Gasteiger partial charge is 0.0368 e. The second-order valence-electron chi connectivity index (χ2n) is 4.31.